The molecule has 0 saturated carbocycles. The monoisotopic (exact) mass is 346 g/mol. The molecule has 2 aliphatic heterocycles. The lowest BCUT2D eigenvalue weighted by atomic mass is 9.95. The summed E-state index contributed by atoms with van der Waals surface area (Å²) in [7, 11) is 3.50. The standard InChI is InChI=1S/C19H30N4O2/c1-22(2)19(24)18-13-16(20-14-21-18)12-15-4-3-8-23(9-5-15)17-6-10-25-11-7-17/h13-15,17H,3-12H2,1-2H3/t15-/m1/s1. The molecule has 0 aliphatic carbocycles. The predicted octanol–water partition coefficient (Wildman–Crippen LogP) is 2.00. The Morgan fingerprint density at radius 1 is 1.20 bits per heavy atom. The van der Waals surface area contributed by atoms with Gasteiger partial charge in [0.15, 0.2) is 0 Å². The molecule has 6 heteroatoms. The fourth-order valence-corrected chi connectivity index (χ4v) is 3.96. The molecule has 0 unspecified atom stereocenters. The van der Waals surface area contributed by atoms with E-state index in [1.807, 2.05) is 6.07 Å². The van der Waals surface area contributed by atoms with Gasteiger partial charge in [-0.25, -0.2) is 9.97 Å². The fourth-order valence-electron chi connectivity index (χ4n) is 3.96. The number of carbonyl (C=O) groups excluding carboxylic acids is 1. The van der Waals surface area contributed by atoms with Gasteiger partial charge in [-0.2, -0.15) is 0 Å². The molecule has 138 valence electrons. The van der Waals surface area contributed by atoms with Crippen LogP contribution in [0, 0.1) is 5.92 Å². The quantitative estimate of drug-likeness (QED) is 0.835. The Balaban J connectivity index is 1.56. The molecule has 6 nitrogen and oxygen atoms in total. The van der Waals surface area contributed by atoms with Gasteiger partial charge in [0.05, 0.1) is 0 Å². The smallest absolute Gasteiger partial charge is 0.272 e. The van der Waals surface area contributed by atoms with Crippen LogP contribution in [0.4, 0.5) is 0 Å². The van der Waals surface area contributed by atoms with Gasteiger partial charge in [0.1, 0.15) is 12.0 Å². The molecule has 25 heavy (non-hydrogen) atoms. The Hall–Kier alpha value is -1.53. The van der Waals surface area contributed by atoms with E-state index in [9.17, 15) is 4.79 Å². The first kappa shape index (κ1) is 18.3. The summed E-state index contributed by atoms with van der Waals surface area (Å²) < 4.78 is 5.50. The van der Waals surface area contributed by atoms with Crippen molar-refractivity contribution >= 4 is 5.91 Å². The van der Waals surface area contributed by atoms with Gasteiger partial charge >= 0.3 is 0 Å². The van der Waals surface area contributed by atoms with Gasteiger partial charge in [0, 0.05) is 39.0 Å². The van der Waals surface area contributed by atoms with Crippen LogP contribution in [0.2, 0.25) is 0 Å². The Labute approximate surface area is 150 Å². The molecule has 0 bridgehead atoms. The van der Waals surface area contributed by atoms with Crippen LogP contribution in [-0.2, 0) is 11.2 Å². The lowest BCUT2D eigenvalue weighted by Crippen LogP contribution is -2.40. The van der Waals surface area contributed by atoms with Crippen molar-refractivity contribution in [2.75, 3.05) is 40.4 Å². The van der Waals surface area contributed by atoms with Gasteiger partial charge in [-0.1, -0.05) is 0 Å². The van der Waals surface area contributed by atoms with E-state index in [4.69, 9.17) is 4.74 Å². The molecule has 0 aromatic carbocycles. The number of amides is 1. The third kappa shape index (κ3) is 4.98. The Kier molecular flexibility index (Phi) is 6.37. The van der Waals surface area contributed by atoms with Crippen molar-refractivity contribution in [2.24, 2.45) is 5.92 Å². The lowest BCUT2D eigenvalue weighted by molar-refractivity contribution is 0.0349. The largest absolute Gasteiger partial charge is 0.381 e. The Morgan fingerprint density at radius 2 is 2.00 bits per heavy atom. The molecule has 0 radical (unpaired) electrons. The number of nitrogens with zero attached hydrogens (tertiary/aromatic N) is 4. The highest BCUT2D eigenvalue weighted by molar-refractivity contribution is 5.91. The first-order chi connectivity index (χ1) is 12.1. The van der Waals surface area contributed by atoms with Crippen molar-refractivity contribution in [1.29, 1.82) is 0 Å². The second kappa shape index (κ2) is 8.72. The number of rotatable bonds is 4. The van der Waals surface area contributed by atoms with Crippen LogP contribution in [0.3, 0.4) is 0 Å². The number of aromatic nitrogens is 2. The molecule has 1 aromatic heterocycles. The maximum atomic E-state index is 12.1. The molecule has 2 saturated heterocycles. The number of carbonyl (C=O) groups is 1. The van der Waals surface area contributed by atoms with E-state index in [0.29, 0.717) is 17.7 Å². The molecule has 1 amide bonds. The predicted molar refractivity (Wildman–Crippen MR) is 96.5 cm³/mol. The van der Waals surface area contributed by atoms with Crippen LogP contribution in [0.25, 0.3) is 0 Å². The van der Waals surface area contributed by atoms with Crippen LogP contribution in [0.15, 0.2) is 12.4 Å². The normalized spacial score (nSPS) is 23.2. The average molecular weight is 346 g/mol. The summed E-state index contributed by atoms with van der Waals surface area (Å²) in [4.78, 5) is 24.8. The molecule has 1 aromatic rings. The summed E-state index contributed by atoms with van der Waals surface area (Å²) in [6.07, 6.45) is 8.50. The van der Waals surface area contributed by atoms with Gasteiger partial charge in [0.25, 0.3) is 5.91 Å². The number of hydrogen-bond donors (Lipinski definition) is 0. The fraction of sp³-hybridized carbons (Fsp3) is 0.737. The molecule has 3 rings (SSSR count). The highest BCUT2D eigenvalue weighted by Gasteiger charge is 2.25. The van der Waals surface area contributed by atoms with Crippen molar-refractivity contribution < 1.29 is 9.53 Å². The second-order valence-electron chi connectivity index (χ2n) is 7.47. The Bertz CT molecular complexity index is 572. The summed E-state index contributed by atoms with van der Waals surface area (Å²) in [5.41, 5.74) is 1.48. The summed E-state index contributed by atoms with van der Waals surface area (Å²) in [6, 6.07) is 2.57. The highest BCUT2D eigenvalue weighted by atomic mass is 16.5. The highest BCUT2D eigenvalue weighted by Crippen LogP contribution is 2.25. The van der Waals surface area contributed by atoms with E-state index in [1.54, 1.807) is 19.0 Å². The van der Waals surface area contributed by atoms with Crippen molar-refractivity contribution in [3.8, 4) is 0 Å². The number of hydrogen-bond acceptors (Lipinski definition) is 5. The average Bonchev–Trinajstić information content (AvgIpc) is 2.87. The molecular formula is C19H30N4O2. The molecule has 2 aliphatic rings. The van der Waals surface area contributed by atoms with E-state index in [1.165, 1.54) is 51.5 Å². The molecule has 3 heterocycles. The van der Waals surface area contributed by atoms with E-state index in [0.717, 1.165) is 25.3 Å². The van der Waals surface area contributed by atoms with Crippen molar-refractivity contribution in [1.82, 2.24) is 19.8 Å². The van der Waals surface area contributed by atoms with Crippen LogP contribution >= 0.6 is 0 Å². The molecular weight excluding hydrogens is 316 g/mol. The maximum absolute atomic E-state index is 12.1. The zero-order chi connectivity index (χ0) is 17.6. The van der Waals surface area contributed by atoms with E-state index in [-0.39, 0.29) is 5.91 Å². The zero-order valence-electron chi connectivity index (χ0n) is 15.5. The summed E-state index contributed by atoms with van der Waals surface area (Å²) in [5.74, 6) is 0.581. The maximum Gasteiger partial charge on any atom is 0.272 e. The Morgan fingerprint density at radius 3 is 2.76 bits per heavy atom. The van der Waals surface area contributed by atoms with Gasteiger partial charge in [-0.15, -0.1) is 0 Å². The molecule has 0 N–H and O–H groups in total. The second-order valence-corrected chi connectivity index (χ2v) is 7.47. The van der Waals surface area contributed by atoms with Crippen molar-refractivity contribution in [3.05, 3.63) is 23.8 Å². The SMILES string of the molecule is CN(C)C(=O)c1cc(C[C@@H]2CCCN(C3CCOCC3)CC2)ncn1. The van der Waals surface area contributed by atoms with Crippen LogP contribution in [-0.4, -0.2) is 72.1 Å². The third-order valence-electron chi connectivity index (χ3n) is 5.44. The van der Waals surface area contributed by atoms with Gasteiger partial charge in [-0.05, 0) is 63.6 Å². The third-order valence-corrected chi connectivity index (χ3v) is 5.44. The summed E-state index contributed by atoms with van der Waals surface area (Å²) in [6.45, 7) is 4.20. The van der Waals surface area contributed by atoms with Gasteiger partial charge < -0.3 is 14.5 Å². The van der Waals surface area contributed by atoms with Gasteiger partial charge in [0.2, 0.25) is 0 Å². The topological polar surface area (TPSA) is 58.6 Å². The minimum Gasteiger partial charge on any atom is -0.381 e. The molecule has 1 atom stereocenters. The minimum atomic E-state index is -0.0600. The molecule has 0 spiro atoms. The van der Waals surface area contributed by atoms with Crippen LogP contribution in [0.1, 0.15) is 48.3 Å². The van der Waals surface area contributed by atoms with Crippen molar-refractivity contribution in [2.45, 2.75) is 44.6 Å². The van der Waals surface area contributed by atoms with Crippen molar-refractivity contribution in [3.63, 3.8) is 0 Å². The van der Waals surface area contributed by atoms with E-state index < -0.39 is 0 Å². The van der Waals surface area contributed by atoms with Gasteiger partial charge in [-0.3, -0.25) is 4.79 Å². The van der Waals surface area contributed by atoms with Crippen LogP contribution < -0.4 is 0 Å². The minimum absolute atomic E-state index is 0.0600. The summed E-state index contributed by atoms with van der Waals surface area (Å²) >= 11 is 0. The molecule has 2 fully saturated rings. The lowest BCUT2D eigenvalue weighted by Gasteiger charge is -2.33. The van der Waals surface area contributed by atoms with Crippen LogP contribution in [0.5, 0.6) is 0 Å². The van der Waals surface area contributed by atoms with E-state index >= 15 is 0 Å². The van der Waals surface area contributed by atoms with E-state index in [2.05, 4.69) is 14.9 Å². The first-order valence-electron chi connectivity index (χ1n) is 9.48. The summed E-state index contributed by atoms with van der Waals surface area (Å²) in [5, 5.41) is 0. The number of likely N-dealkylation sites (tertiary alicyclic amines) is 1. The first-order valence-corrected chi connectivity index (χ1v) is 9.48. The zero-order valence-corrected chi connectivity index (χ0v) is 15.5. The number of ether oxygens (including phenoxy) is 1.